The highest BCUT2D eigenvalue weighted by Gasteiger charge is 2.41. The van der Waals surface area contributed by atoms with E-state index in [2.05, 4.69) is 21.2 Å². The third-order valence-corrected chi connectivity index (χ3v) is 4.07. The number of halogens is 2. The molecule has 0 spiro atoms. The van der Waals surface area contributed by atoms with E-state index >= 15 is 0 Å². The Bertz CT molecular complexity index is 475. The Kier molecular flexibility index (Phi) is 3.04. The van der Waals surface area contributed by atoms with E-state index in [9.17, 15) is 9.59 Å². The third-order valence-electron chi connectivity index (χ3n) is 2.72. The van der Waals surface area contributed by atoms with Crippen LogP contribution in [0.3, 0.4) is 0 Å². The Morgan fingerprint density at radius 3 is 2.56 bits per heavy atom. The van der Waals surface area contributed by atoms with Gasteiger partial charge < -0.3 is 0 Å². The number of imide groups is 1. The Hall–Kier alpha value is -0.870. The quantitative estimate of drug-likeness (QED) is 0.638. The second kappa shape index (κ2) is 4.18. The van der Waals surface area contributed by atoms with Crippen LogP contribution in [0.4, 0.5) is 0 Å². The van der Waals surface area contributed by atoms with Crippen LogP contribution in [0, 0.1) is 6.92 Å². The SMILES string of the molecule is Cc1c(Cl)cccc1C1C(=O)NC(=O)C1Br. The summed E-state index contributed by atoms with van der Waals surface area (Å²) in [5.41, 5.74) is 1.63. The van der Waals surface area contributed by atoms with E-state index in [-0.39, 0.29) is 11.8 Å². The summed E-state index contributed by atoms with van der Waals surface area (Å²) in [5.74, 6) is -1.07. The van der Waals surface area contributed by atoms with Gasteiger partial charge in [0, 0.05) is 5.02 Å². The molecule has 0 saturated carbocycles. The van der Waals surface area contributed by atoms with Crippen LogP contribution < -0.4 is 5.32 Å². The van der Waals surface area contributed by atoms with Gasteiger partial charge in [-0.15, -0.1) is 0 Å². The Morgan fingerprint density at radius 2 is 2.00 bits per heavy atom. The highest BCUT2D eigenvalue weighted by molar-refractivity contribution is 9.10. The predicted molar refractivity (Wildman–Crippen MR) is 64.8 cm³/mol. The molecule has 2 atom stereocenters. The minimum absolute atomic E-state index is 0.280. The zero-order valence-electron chi connectivity index (χ0n) is 8.46. The van der Waals surface area contributed by atoms with Gasteiger partial charge in [-0.3, -0.25) is 14.9 Å². The number of benzene rings is 1. The number of amides is 2. The van der Waals surface area contributed by atoms with Crippen LogP contribution in [0.25, 0.3) is 0 Å². The molecule has 3 nitrogen and oxygen atoms in total. The number of hydrogen-bond acceptors (Lipinski definition) is 2. The maximum atomic E-state index is 11.7. The zero-order chi connectivity index (χ0) is 11.9. The Labute approximate surface area is 106 Å². The van der Waals surface area contributed by atoms with Crippen LogP contribution in [-0.4, -0.2) is 16.6 Å². The van der Waals surface area contributed by atoms with Crippen molar-refractivity contribution in [1.29, 1.82) is 0 Å². The maximum Gasteiger partial charge on any atom is 0.241 e. The Balaban J connectivity index is 2.48. The number of nitrogens with one attached hydrogen (secondary N) is 1. The first-order valence-electron chi connectivity index (χ1n) is 4.76. The molecule has 1 aromatic rings. The summed E-state index contributed by atoms with van der Waals surface area (Å²) in [6.45, 7) is 1.84. The number of alkyl halides is 1. The molecule has 2 rings (SSSR count). The first kappa shape index (κ1) is 11.6. The van der Waals surface area contributed by atoms with Gasteiger partial charge in [-0.25, -0.2) is 0 Å². The number of carbonyl (C=O) groups is 2. The van der Waals surface area contributed by atoms with Crippen molar-refractivity contribution in [3.63, 3.8) is 0 Å². The lowest BCUT2D eigenvalue weighted by Crippen LogP contribution is -2.22. The van der Waals surface area contributed by atoms with E-state index in [4.69, 9.17) is 11.6 Å². The fraction of sp³-hybridized carbons (Fsp3) is 0.273. The van der Waals surface area contributed by atoms with Crippen molar-refractivity contribution in [3.8, 4) is 0 Å². The minimum atomic E-state index is -0.517. The minimum Gasteiger partial charge on any atom is -0.295 e. The summed E-state index contributed by atoms with van der Waals surface area (Å²) in [5, 5.41) is 2.90. The van der Waals surface area contributed by atoms with Crippen molar-refractivity contribution in [2.75, 3.05) is 0 Å². The first-order chi connectivity index (χ1) is 7.52. The summed E-state index contributed by atoms with van der Waals surface area (Å²) in [6.07, 6.45) is 0. The molecule has 0 radical (unpaired) electrons. The van der Waals surface area contributed by atoms with Crippen LogP contribution in [0.15, 0.2) is 18.2 Å². The molecule has 1 heterocycles. The molecule has 1 aliphatic heterocycles. The monoisotopic (exact) mass is 301 g/mol. The van der Waals surface area contributed by atoms with Gasteiger partial charge in [-0.05, 0) is 24.1 Å². The van der Waals surface area contributed by atoms with Gasteiger partial charge >= 0.3 is 0 Å². The highest BCUT2D eigenvalue weighted by Crippen LogP contribution is 2.34. The van der Waals surface area contributed by atoms with Crippen LogP contribution in [0.2, 0.25) is 5.02 Å². The average Bonchev–Trinajstić information content (AvgIpc) is 2.47. The molecule has 1 aromatic carbocycles. The number of hydrogen-bond donors (Lipinski definition) is 1. The molecule has 5 heteroatoms. The molecule has 2 amide bonds. The number of carbonyl (C=O) groups excluding carboxylic acids is 2. The van der Waals surface area contributed by atoms with E-state index in [0.29, 0.717) is 5.02 Å². The van der Waals surface area contributed by atoms with Crippen molar-refractivity contribution in [2.24, 2.45) is 0 Å². The second-order valence-electron chi connectivity index (χ2n) is 3.69. The van der Waals surface area contributed by atoms with Crippen LogP contribution in [-0.2, 0) is 9.59 Å². The van der Waals surface area contributed by atoms with Gasteiger partial charge in [0.15, 0.2) is 0 Å². The molecule has 0 aliphatic carbocycles. The zero-order valence-corrected chi connectivity index (χ0v) is 10.8. The van der Waals surface area contributed by atoms with Gasteiger partial charge in [-0.1, -0.05) is 39.7 Å². The van der Waals surface area contributed by atoms with Crippen molar-refractivity contribution < 1.29 is 9.59 Å². The molecule has 16 heavy (non-hydrogen) atoms. The van der Waals surface area contributed by atoms with Crippen molar-refractivity contribution in [1.82, 2.24) is 5.32 Å². The van der Waals surface area contributed by atoms with Gasteiger partial charge in [0.2, 0.25) is 11.8 Å². The van der Waals surface area contributed by atoms with E-state index in [1.165, 1.54) is 0 Å². The smallest absolute Gasteiger partial charge is 0.241 e. The molecule has 1 aliphatic rings. The standard InChI is InChI=1S/C11H9BrClNO2/c1-5-6(3-2-4-7(5)13)8-9(12)11(16)14-10(8)15/h2-4,8-9H,1H3,(H,14,15,16). The molecule has 1 fully saturated rings. The predicted octanol–water partition coefficient (Wildman–Crippen LogP) is 2.15. The first-order valence-corrected chi connectivity index (χ1v) is 6.05. The van der Waals surface area contributed by atoms with E-state index in [1.807, 2.05) is 13.0 Å². The van der Waals surface area contributed by atoms with Gasteiger partial charge in [0.1, 0.15) is 4.83 Å². The fourth-order valence-corrected chi connectivity index (χ4v) is 2.63. The molecule has 2 unspecified atom stereocenters. The third kappa shape index (κ3) is 1.76. The second-order valence-corrected chi connectivity index (χ2v) is 5.08. The lowest BCUT2D eigenvalue weighted by Gasteiger charge is -2.14. The van der Waals surface area contributed by atoms with Gasteiger partial charge in [-0.2, -0.15) is 0 Å². The summed E-state index contributed by atoms with van der Waals surface area (Å²) in [6, 6.07) is 5.36. The van der Waals surface area contributed by atoms with Crippen LogP contribution in [0.1, 0.15) is 17.0 Å². The van der Waals surface area contributed by atoms with Crippen LogP contribution >= 0.6 is 27.5 Å². The number of rotatable bonds is 1. The molecule has 84 valence electrons. The van der Waals surface area contributed by atoms with Crippen molar-refractivity contribution in [2.45, 2.75) is 17.7 Å². The molecule has 1 saturated heterocycles. The van der Waals surface area contributed by atoms with E-state index < -0.39 is 10.7 Å². The van der Waals surface area contributed by atoms with Crippen molar-refractivity contribution >= 4 is 39.3 Å². The summed E-state index contributed by atoms with van der Waals surface area (Å²) >= 11 is 9.22. The van der Waals surface area contributed by atoms with Gasteiger partial charge in [0.25, 0.3) is 0 Å². The highest BCUT2D eigenvalue weighted by atomic mass is 79.9. The Morgan fingerprint density at radius 1 is 1.31 bits per heavy atom. The fourth-order valence-electron chi connectivity index (χ4n) is 1.81. The summed E-state index contributed by atoms with van der Waals surface area (Å²) < 4.78 is 0. The lowest BCUT2D eigenvalue weighted by molar-refractivity contribution is -0.125. The van der Waals surface area contributed by atoms with E-state index in [0.717, 1.165) is 11.1 Å². The molecular formula is C11H9BrClNO2. The lowest BCUT2D eigenvalue weighted by atomic mass is 9.93. The molecular weight excluding hydrogens is 293 g/mol. The largest absolute Gasteiger partial charge is 0.295 e. The molecule has 1 N–H and O–H groups in total. The summed E-state index contributed by atoms with van der Waals surface area (Å²) in [4.78, 5) is 22.5. The summed E-state index contributed by atoms with van der Waals surface area (Å²) in [7, 11) is 0. The van der Waals surface area contributed by atoms with Crippen LogP contribution in [0.5, 0.6) is 0 Å². The topological polar surface area (TPSA) is 46.2 Å². The maximum absolute atomic E-state index is 11.7. The van der Waals surface area contributed by atoms with Crippen molar-refractivity contribution in [3.05, 3.63) is 34.3 Å². The normalized spacial score (nSPS) is 24.7. The van der Waals surface area contributed by atoms with Gasteiger partial charge in [0.05, 0.1) is 5.92 Å². The van der Waals surface area contributed by atoms with E-state index in [1.54, 1.807) is 12.1 Å². The molecule has 0 aromatic heterocycles. The average molecular weight is 303 g/mol. The molecule has 0 bridgehead atoms.